The molecule has 0 fully saturated rings. The fourth-order valence-corrected chi connectivity index (χ4v) is 1.77. The highest BCUT2D eigenvalue weighted by atomic mass is 16.2. The fraction of sp³-hybridized carbons (Fsp3) is 0.656. The maximum Gasteiger partial charge on any atom is 0.360 e. The van der Waals surface area contributed by atoms with Crippen LogP contribution < -0.4 is 11.4 Å². The lowest BCUT2D eigenvalue weighted by atomic mass is 10.9. The predicted molar refractivity (Wildman–Crippen MR) is 225 cm³/mol. The maximum atomic E-state index is 10.3. The molecular weight excluding hydrogens is 753 g/mol. The Morgan fingerprint density at radius 2 is 1.05 bits per heavy atom. The van der Waals surface area contributed by atoms with E-state index in [1.807, 2.05) is 118 Å². The standard InChI is InChI=1S/C3H5N3O.3C3H5N3.C2H4N4O.2C2H4N4.7C2H6/c1-6-3(7)4-2-5-6;1-6-2-4-5-3-6;1-6-3-4-2-5-6;1-6-3-2-4-5-6;1-6-2(7)3-4-5-6;1-6-2-3-4-5-6;1-6-4-2-3-5-6;7*1-2/h2H,1H3,(H,4,5,7);3*2-3H,1H3;1H3,(H,3,5,7);2*2H,1H3;7*1-2H3. The number of H-pyrrole nitrogens is 2. The first kappa shape index (κ1) is 66.2. The van der Waals surface area contributed by atoms with Crippen LogP contribution in [0.5, 0.6) is 0 Å². The number of hydrogen-bond acceptors (Lipinski definition) is 17. The molecule has 0 aromatic carbocycles. The van der Waals surface area contributed by atoms with Crippen molar-refractivity contribution >= 4 is 0 Å². The molecule has 2 N–H and O–H groups in total. The number of nitrogens with zero attached hydrogens (tertiary/aromatic N) is 22. The summed E-state index contributed by atoms with van der Waals surface area (Å²) in [7, 11) is 12.1. The van der Waals surface area contributed by atoms with Crippen molar-refractivity contribution in [3.05, 3.63) is 77.7 Å². The highest BCUT2D eigenvalue weighted by Crippen LogP contribution is 1.67. The van der Waals surface area contributed by atoms with E-state index >= 15 is 0 Å². The molecule has 26 nitrogen and oxygen atoms in total. The van der Waals surface area contributed by atoms with Crippen molar-refractivity contribution in [3.63, 3.8) is 0 Å². The molecule has 7 aromatic heterocycles. The van der Waals surface area contributed by atoms with Gasteiger partial charge in [-0.05, 0) is 26.1 Å². The second kappa shape index (κ2) is 57.1. The quantitative estimate of drug-likeness (QED) is 0.222. The Morgan fingerprint density at radius 1 is 0.483 bits per heavy atom. The summed E-state index contributed by atoms with van der Waals surface area (Å²) in [6, 6.07) is 0. The lowest BCUT2D eigenvalue weighted by Crippen LogP contribution is -2.13. The molecule has 0 bridgehead atoms. The van der Waals surface area contributed by atoms with Crippen LogP contribution in [0.3, 0.4) is 0 Å². The Balaban J connectivity index is -0.0000000996. The molecule has 7 rings (SSSR count). The van der Waals surface area contributed by atoms with Gasteiger partial charge in [-0.15, -0.1) is 30.6 Å². The summed E-state index contributed by atoms with van der Waals surface area (Å²) in [5.41, 5.74) is -0.472. The Hall–Kier alpha value is -6.63. The third-order valence-corrected chi connectivity index (χ3v) is 3.84. The van der Waals surface area contributed by atoms with Crippen LogP contribution >= 0.6 is 0 Å². The number of aryl methyl sites for hydroxylation is 7. The van der Waals surface area contributed by atoms with Gasteiger partial charge in [0.05, 0.1) is 13.2 Å². The minimum atomic E-state index is -0.292. The first-order chi connectivity index (χ1) is 28.1. The van der Waals surface area contributed by atoms with Crippen LogP contribution in [-0.2, 0) is 49.3 Å². The molecule has 7 heterocycles. The van der Waals surface area contributed by atoms with E-state index in [0.717, 1.165) is 4.68 Å². The van der Waals surface area contributed by atoms with E-state index < -0.39 is 0 Å². The summed E-state index contributed by atoms with van der Waals surface area (Å²) in [5.74, 6) is 0. The van der Waals surface area contributed by atoms with Crippen LogP contribution in [0.15, 0.2) is 66.3 Å². The summed E-state index contributed by atoms with van der Waals surface area (Å²) in [5, 5.41) is 50.8. The van der Waals surface area contributed by atoms with Crippen LogP contribution in [0.25, 0.3) is 0 Å². The van der Waals surface area contributed by atoms with E-state index in [1.165, 1.54) is 46.5 Å². The van der Waals surface area contributed by atoms with Crippen LogP contribution in [0, 0.1) is 0 Å². The molecule has 0 saturated carbocycles. The smallest absolute Gasteiger partial charge is 0.323 e. The summed E-state index contributed by atoms with van der Waals surface area (Å²) in [6.45, 7) is 28.0. The second-order valence-electron chi connectivity index (χ2n) is 7.53. The van der Waals surface area contributed by atoms with Gasteiger partial charge in [-0.25, -0.2) is 29.0 Å². The zero-order valence-corrected chi connectivity index (χ0v) is 38.9. The number of rotatable bonds is 0. The van der Waals surface area contributed by atoms with Crippen molar-refractivity contribution in [3.8, 4) is 0 Å². The molecule has 0 unspecified atom stereocenters. The second-order valence-corrected chi connectivity index (χ2v) is 7.53. The maximum absolute atomic E-state index is 10.3. The molecule has 0 radical (unpaired) electrons. The molecule has 0 saturated heterocycles. The van der Waals surface area contributed by atoms with E-state index in [9.17, 15) is 9.59 Å². The Labute approximate surface area is 343 Å². The Morgan fingerprint density at radius 3 is 1.17 bits per heavy atom. The van der Waals surface area contributed by atoms with Crippen molar-refractivity contribution in [2.75, 3.05) is 0 Å². The summed E-state index contributed by atoms with van der Waals surface area (Å²) in [6.07, 6.45) is 14.1. The lowest BCUT2D eigenvalue weighted by molar-refractivity contribution is 0.630. The number of aromatic amines is 2. The normalized spacial score (nSPS) is 7.53. The van der Waals surface area contributed by atoms with E-state index in [1.54, 1.807) is 66.4 Å². The van der Waals surface area contributed by atoms with Crippen LogP contribution in [0.2, 0.25) is 0 Å². The molecule has 0 atom stereocenters. The number of aromatic nitrogens is 24. The zero-order valence-electron chi connectivity index (χ0n) is 38.9. The summed E-state index contributed by atoms with van der Waals surface area (Å²) in [4.78, 5) is 27.9. The first-order valence-corrected chi connectivity index (χ1v) is 18.8. The summed E-state index contributed by atoms with van der Waals surface area (Å²) >= 11 is 0. The largest absolute Gasteiger partial charge is 0.360 e. The van der Waals surface area contributed by atoms with Gasteiger partial charge in [0.25, 0.3) is 0 Å². The average Bonchev–Trinajstić information content (AvgIpc) is 4.15. The molecule has 58 heavy (non-hydrogen) atoms. The Kier molecular flexibility index (Phi) is 65.2. The molecule has 7 aromatic rings. The molecule has 0 aliphatic carbocycles. The SMILES string of the molecule is CC.CC.CC.CC.CC.CC.CC.Cn1ccnn1.Cn1cncn1.Cn1cnnc1.Cn1cnnn1.Cn1nc[nH]c1=O.Cn1ncnn1.Cn1nn[nH]c1=O. The first-order valence-electron chi connectivity index (χ1n) is 18.8. The fourth-order valence-electron chi connectivity index (χ4n) is 1.77. The van der Waals surface area contributed by atoms with E-state index in [2.05, 4.69) is 87.1 Å². The molecule has 334 valence electrons. The average molecular weight is 827 g/mol. The van der Waals surface area contributed by atoms with Crippen molar-refractivity contribution in [1.29, 1.82) is 0 Å². The third kappa shape index (κ3) is 49.4. The molecule has 0 amide bonds. The van der Waals surface area contributed by atoms with E-state index in [-0.39, 0.29) is 11.4 Å². The molecule has 26 heteroatoms. The van der Waals surface area contributed by atoms with Gasteiger partial charge < -0.3 is 4.57 Å². The molecule has 0 aliphatic heterocycles. The lowest BCUT2D eigenvalue weighted by Gasteiger charge is -1.74. The minimum absolute atomic E-state index is 0.181. The van der Waals surface area contributed by atoms with Gasteiger partial charge in [-0.2, -0.15) is 19.7 Å². The number of hydrogen-bond donors (Lipinski definition) is 2. The van der Waals surface area contributed by atoms with Crippen LogP contribution in [0.1, 0.15) is 96.9 Å². The van der Waals surface area contributed by atoms with Gasteiger partial charge in [-0.3, -0.25) is 14.3 Å². The van der Waals surface area contributed by atoms with Gasteiger partial charge in [0.2, 0.25) is 0 Å². The Bertz CT molecular complexity index is 1430. The van der Waals surface area contributed by atoms with Gasteiger partial charge in [0.1, 0.15) is 38.0 Å². The van der Waals surface area contributed by atoms with Gasteiger partial charge >= 0.3 is 11.4 Å². The zero-order chi connectivity index (χ0) is 46.6. The van der Waals surface area contributed by atoms with Crippen molar-refractivity contribution in [1.82, 2.24) is 120 Å². The molecule has 0 aliphatic rings. The number of tetrazole rings is 3. The van der Waals surface area contributed by atoms with Gasteiger partial charge in [0.15, 0.2) is 6.33 Å². The molecular formula is C32H74N24O2. The molecule has 0 spiro atoms. The van der Waals surface area contributed by atoms with E-state index in [0.29, 0.717) is 0 Å². The minimum Gasteiger partial charge on any atom is -0.323 e. The topological polar surface area (TPSA) is 294 Å². The predicted octanol–water partition coefficient (Wildman–Crippen LogP) is 2.66. The van der Waals surface area contributed by atoms with Crippen molar-refractivity contribution in [2.45, 2.75) is 96.9 Å². The highest BCUT2D eigenvalue weighted by Gasteiger charge is 1.84. The van der Waals surface area contributed by atoms with Crippen molar-refractivity contribution in [2.24, 2.45) is 49.3 Å². The summed E-state index contributed by atoms with van der Waals surface area (Å²) < 4.78 is 8.92. The van der Waals surface area contributed by atoms with Gasteiger partial charge in [-0.1, -0.05) is 102 Å². The number of nitrogens with one attached hydrogen (secondary N) is 2. The van der Waals surface area contributed by atoms with Crippen LogP contribution in [-0.4, -0.2) is 120 Å². The monoisotopic (exact) mass is 827 g/mol. The van der Waals surface area contributed by atoms with Gasteiger partial charge in [0, 0.05) is 48.5 Å². The highest BCUT2D eigenvalue weighted by molar-refractivity contribution is 4.59. The van der Waals surface area contributed by atoms with Crippen molar-refractivity contribution < 1.29 is 0 Å². The van der Waals surface area contributed by atoms with E-state index in [4.69, 9.17) is 0 Å². The van der Waals surface area contributed by atoms with Crippen LogP contribution in [0.4, 0.5) is 0 Å². The third-order valence-electron chi connectivity index (χ3n) is 3.84.